The molecule has 1 N–H and O–H groups in total. The average Bonchev–Trinajstić information content (AvgIpc) is 2.68. The molecule has 0 radical (unpaired) electrons. The lowest BCUT2D eigenvalue weighted by atomic mass is 10.3. The number of carbonyl (C=O) groups is 1. The van der Waals surface area contributed by atoms with Crippen molar-refractivity contribution >= 4 is 21.8 Å². The van der Waals surface area contributed by atoms with Crippen molar-refractivity contribution in [2.24, 2.45) is 0 Å². The molecule has 0 unspecified atom stereocenters. The van der Waals surface area contributed by atoms with Crippen LogP contribution < -0.4 is 14.8 Å². The molecule has 0 heterocycles. The fraction of sp³-hybridized carbons (Fsp3) is 0.350. The van der Waals surface area contributed by atoms with Gasteiger partial charge in [0.1, 0.15) is 0 Å². The predicted octanol–water partition coefficient (Wildman–Crippen LogP) is 4.12. The number of rotatable bonds is 9. The molecule has 152 valence electrons. The molecule has 0 saturated carbocycles. The Labute approximate surface area is 166 Å². The number of sulfonamides is 1. The van der Waals surface area contributed by atoms with Crippen LogP contribution in [0, 0.1) is 0 Å². The largest absolute Gasteiger partial charge is 0.493 e. The van der Waals surface area contributed by atoms with Crippen LogP contribution in [0.4, 0.5) is 10.5 Å². The number of nitrogens with zero attached hydrogens (tertiary/aromatic N) is 1. The van der Waals surface area contributed by atoms with Crippen molar-refractivity contribution < 1.29 is 22.7 Å². The molecule has 7 nitrogen and oxygen atoms in total. The number of ether oxygens (including phenoxy) is 2. The summed E-state index contributed by atoms with van der Waals surface area (Å²) in [6.07, 6.45) is 0.792. The summed E-state index contributed by atoms with van der Waals surface area (Å²) in [4.78, 5) is 12.3. The lowest BCUT2D eigenvalue weighted by molar-refractivity contribution is 0.213. The van der Waals surface area contributed by atoms with E-state index in [1.807, 2.05) is 13.8 Å². The molecule has 0 aromatic heterocycles. The van der Waals surface area contributed by atoms with Gasteiger partial charge < -0.3 is 9.47 Å². The first-order valence-corrected chi connectivity index (χ1v) is 10.6. The molecular formula is C20H26N2O5S. The van der Waals surface area contributed by atoms with E-state index in [1.165, 1.54) is 35.7 Å². The van der Waals surface area contributed by atoms with Gasteiger partial charge in [-0.25, -0.2) is 13.2 Å². The molecule has 2 aromatic carbocycles. The van der Waals surface area contributed by atoms with Crippen LogP contribution in [0.1, 0.15) is 26.7 Å². The summed E-state index contributed by atoms with van der Waals surface area (Å²) in [6.45, 7) is 4.83. The highest BCUT2D eigenvalue weighted by atomic mass is 32.2. The van der Waals surface area contributed by atoms with Gasteiger partial charge in [0, 0.05) is 18.8 Å². The summed E-state index contributed by atoms with van der Waals surface area (Å²) in [5, 5.41) is 2.57. The second-order valence-electron chi connectivity index (χ2n) is 6.09. The first kappa shape index (κ1) is 21.7. The zero-order valence-corrected chi connectivity index (χ0v) is 17.2. The normalized spacial score (nSPS) is 11.3. The number of benzene rings is 2. The average molecular weight is 407 g/mol. The van der Waals surface area contributed by atoms with Crippen LogP contribution >= 0.6 is 0 Å². The van der Waals surface area contributed by atoms with Crippen LogP contribution in [0.2, 0.25) is 0 Å². The maximum absolute atomic E-state index is 12.8. The summed E-state index contributed by atoms with van der Waals surface area (Å²) in [5.74, 6) is 0.725. The van der Waals surface area contributed by atoms with Crippen molar-refractivity contribution in [3.8, 4) is 11.5 Å². The Bertz CT molecular complexity index is 876. The maximum Gasteiger partial charge on any atom is 0.417 e. The van der Waals surface area contributed by atoms with Gasteiger partial charge >= 0.3 is 6.09 Å². The number of amides is 1. The number of anilines is 1. The third-order valence-electron chi connectivity index (χ3n) is 3.96. The van der Waals surface area contributed by atoms with Gasteiger partial charge in [0.2, 0.25) is 10.0 Å². The zero-order valence-electron chi connectivity index (χ0n) is 16.3. The Hall–Kier alpha value is -2.58. The molecule has 2 aromatic rings. The predicted molar refractivity (Wildman–Crippen MR) is 108 cm³/mol. The number of hydrogen-bond donors (Lipinski definition) is 1. The van der Waals surface area contributed by atoms with E-state index < -0.39 is 16.1 Å². The lowest BCUT2D eigenvalue weighted by Gasteiger charge is -2.21. The van der Waals surface area contributed by atoms with Gasteiger partial charge in [0.15, 0.2) is 11.5 Å². The maximum atomic E-state index is 12.8. The number of methoxy groups -OCH3 is 1. The standard InChI is InChI=1S/C20H26N2O5S/c1-4-14-22(15-5-2)28(24,25)17-12-10-16(11-13-17)21-20(23)27-19-9-7-6-8-18(19)26-3/h6-13H,4-5,14-15H2,1-3H3,(H,21,23). The van der Waals surface area contributed by atoms with Gasteiger partial charge in [-0.15, -0.1) is 0 Å². The van der Waals surface area contributed by atoms with Crippen LogP contribution in [0.25, 0.3) is 0 Å². The molecule has 0 aliphatic heterocycles. The van der Waals surface area contributed by atoms with Crippen molar-refractivity contribution in [1.29, 1.82) is 0 Å². The molecule has 0 spiro atoms. The molecule has 0 fully saturated rings. The van der Waals surface area contributed by atoms with Gasteiger partial charge in [0.05, 0.1) is 12.0 Å². The summed E-state index contributed by atoms with van der Waals surface area (Å²) in [5.41, 5.74) is 0.427. The highest BCUT2D eigenvalue weighted by Crippen LogP contribution is 2.26. The Morgan fingerprint density at radius 3 is 2.07 bits per heavy atom. The molecule has 0 aliphatic carbocycles. The Balaban J connectivity index is 2.08. The van der Waals surface area contributed by atoms with Gasteiger partial charge in [-0.1, -0.05) is 26.0 Å². The smallest absolute Gasteiger partial charge is 0.417 e. The SMILES string of the molecule is CCCN(CCC)S(=O)(=O)c1ccc(NC(=O)Oc2ccccc2OC)cc1. The molecule has 0 saturated heterocycles. The topological polar surface area (TPSA) is 84.9 Å². The Morgan fingerprint density at radius 2 is 1.54 bits per heavy atom. The number of para-hydroxylation sites is 2. The number of nitrogens with one attached hydrogen (secondary N) is 1. The van der Waals surface area contributed by atoms with Gasteiger partial charge in [-0.2, -0.15) is 4.31 Å². The van der Waals surface area contributed by atoms with Crippen LogP contribution in [-0.4, -0.2) is 39.0 Å². The third-order valence-corrected chi connectivity index (χ3v) is 5.87. The van der Waals surface area contributed by atoms with E-state index in [4.69, 9.17) is 9.47 Å². The minimum absolute atomic E-state index is 0.193. The highest BCUT2D eigenvalue weighted by molar-refractivity contribution is 7.89. The molecule has 1 amide bonds. The summed E-state index contributed by atoms with van der Waals surface area (Å²) in [7, 11) is -2.07. The number of carbonyl (C=O) groups excluding carboxylic acids is 1. The van der Waals surface area contributed by atoms with E-state index in [0.717, 1.165) is 12.8 Å². The number of hydrogen-bond acceptors (Lipinski definition) is 5. The van der Waals surface area contributed by atoms with E-state index in [-0.39, 0.29) is 10.6 Å². The second-order valence-corrected chi connectivity index (χ2v) is 8.03. The minimum Gasteiger partial charge on any atom is -0.493 e. The zero-order chi connectivity index (χ0) is 20.6. The van der Waals surface area contributed by atoms with E-state index >= 15 is 0 Å². The van der Waals surface area contributed by atoms with Crippen LogP contribution in [0.3, 0.4) is 0 Å². The van der Waals surface area contributed by atoms with Crippen LogP contribution in [0.15, 0.2) is 53.4 Å². The van der Waals surface area contributed by atoms with Gasteiger partial charge in [0.25, 0.3) is 0 Å². The lowest BCUT2D eigenvalue weighted by Crippen LogP contribution is -2.32. The first-order chi connectivity index (χ1) is 13.4. The van der Waals surface area contributed by atoms with Crippen molar-refractivity contribution in [2.75, 3.05) is 25.5 Å². The van der Waals surface area contributed by atoms with Gasteiger partial charge in [-0.05, 0) is 49.2 Å². The van der Waals surface area contributed by atoms with Crippen LogP contribution in [-0.2, 0) is 10.0 Å². The quantitative estimate of drug-likeness (QED) is 0.677. The fourth-order valence-corrected chi connectivity index (χ4v) is 4.28. The molecular weight excluding hydrogens is 380 g/mol. The van der Waals surface area contributed by atoms with Crippen LogP contribution in [0.5, 0.6) is 11.5 Å². The molecule has 0 atom stereocenters. The summed E-state index contributed by atoms with van der Waals surface area (Å²) >= 11 is 0. The van der Waals surface area contributed by atoms with E-state index in [2.05, 4.69) is 5.32 Å². The first-order valence-electron chi connectivity index (χ1n) is 9.14. The fourth-order valence-electron chi connectivity index (χ4n) is 2.66. The van der Waals surface area contributed by atoms with E-state index in [9.17, 15) is 13.2 Å². The monoisotopic (exact) mass is 406 g/mol. The molecule has 28 heavy (non-hydrogen) atoms. The Kier molecular flexibility index (Phi) is 7.83. The third kappa shape index (κ3) is 5.46. The molecule has 8 heteroatoms. The molecule has 0 bridgehead atoms. The van der Waals surface area contributed by atoms with Crippen molar-refractivity contribution in [1.82, 2.24) is 4.31 Å². The minimum atomic E-state index is -3.56. The highest BCUT2D eigenvalue weighted by Gasteiger charge is 2.23. The van der Waals surface area contributed by atoms with Crippen molar-refractivity contribution in [3.05, 3.63) is 48.5 Å². The van der Waals surface area contributed by atoms with Gasteiger partial charge in [-0.3, -0.25) is 5.32 Å². The Morgan fingerprint density at radius 1 is 0.964 bits per heavy atom. The van der Waals surface area contributed by atoms with Crippen molar-refractivity contribution in [3.63, 3.8) is 0 Å². The van der Waals surface area contributed by atoms with Crippen molar-refractivity contribution in [2.45, 2.75) is 31.6 Å². The second kappa shape index (κ2) is 10.1. The summed E-state index contributed by atoms with van der Waals surface area (Å²) < 4.78 is 37.4. The molecule has 0 aliphatic rings. The van der Waals surface area contributed by atoms with E-state index in [1.54, 1.807) is 24.3 Å². The summed E-state index contributed by atoms with van der Waals surface area (Å²) in [6, 6.07) is 12.8. The van der Waals surface area contributed by atoms with E-state index in [0.29, 0.717) is 24.5 Å². The molecule has 2 rings (SSSR count).